The largest absolute Gasteiger partial charge is 0.344 e. The van der Waals surface area contributed by atoms with E-state index in [9.17, 15) is 4.57 Å². The molecule has 1 aromatic rings. The first kappa shape index (κ1) is 15.9. The molecule has 102 valence electrons. The van der Waals surface area contributed by atoms with E-state index >= 15 is 0 Å². The molecule has 1 rings (SSSR count). The second kappa shape index (κ2) is 8.11. The minimum absolute atomic E-state index is 0.259. The second-order valence-electron chi connectivity index (χ2n) is 3.83. The van der Waals surface area contributed by atoms with Crippen molar-refractivity contribution in [2.24, 2.45) is 0 Å². The molecule has 1 unspecified atom stereocenters. The van der Waals surface area contributed by atoms with Crippen LogP contribution in [-0.2, 0) is 20.0 Å². The molecule has 0 aliphatic carbocycles. The topological polar surface area (TPSA) is 35.5 Å². The van der Waals surface area contributed by atoms with Gasteiger partial charge in [-0.3, -0.25) is 4.57 Å². The third-order valence-corrected chi connectivity index (χ3v) is 6.62. The summed E-state index contributed by atoms with van der Waals surface area (Å²) in [6.45, 7) is 4.43. The van der Waals surface area contributed by atoms with Crippen LogP contribution >= 0.6 is 23.5 Å². The molecule has 0 spiro atoms. The molecular formula is C13H20BrO3P. The van der Waals surface area contributed by atoms with Crippen LogP contribution in [-0.4, -0.2) is 17.8 Å². The zero-order valence-electron chi connectivity index (χ0n) is 10.8. The summed E-state index contributed by atoms with van der Waals surface area (Å²) in [5, 5.41) is 0. The number of hydrogen-bond acceptors (Lipinski definition) is 3. The van der Waals surface area contributed by atoms with E-state index in [2.05, 4.69) is 28.1 Å². The Balaban J connectivity index is 2.57. The highest BCUT2D eigenvalue weighted by molar-refractivity contribution is 9.10. The van der Waals surface area contributed by atoms with Crippen molar-refractivity contribution >= 4 is 23.5 Å². The Bertz CT molecular complexity index is 373. The molecule has 0 aliphatic rings. The van der Waals surface area contributed by atoms with E-state index in [1.807, 2.05) is 32.0 Å². The summed E-state index contributed by atoms with van der Waals surface area (Å²) in [4.78, 5) is 0. The third-order valence-electron chi connectivity index (χ3n) is 2.48. The molecule has 0 fully saturated rings. The molecule has 0 heterocycles. The minimum Gasteiger partial charge on any atom is -0.308 e. The zero-order valence-corrected chi connectivity index (χ0v) is 13.3. The van der Waals surface area contributed by atoms with Gasteiger partial charge in [0.25, 0.3) is 0 Å². The van der Waals surface area contributed by atoms with E-state index in [1.54, 1.807) is 0 Å². The van der Waals surface area contributed by atoms with Crippen LogP contribution in [0.15, 0.2) is 30.3 Å². The fourth-order valence-corrected chi connectivity index (χ4v) is 4.15. The van der Waals surface area contributed by atoms with Crippen molar-refractivity contribution < 1.29 is 13.6 Å². The number of halogens is 1. The molecule has 0 aromatic heterocycles. The Morgan fingerprint density at radius 2 is 1.72 bits per heavy atom. The van der Waals surface area contributed by atoms with Gasteiger partial charge in [-0.05, 0) is 32.3 Å². The number of benzene rings is 1. The maximum atomic E-state index is 12.4. The van der Waals surface area contributed by atoms with Crippen LogP contribution in [0.1, 0.15) is 25.8 Å². The van der Waals surface area contributed by atoms with Crippen molar-refractivity contribution in [1.29, 1.82) is 0 Å². The summed E-state index contributed by atoms with van der Waals surface area (Å²) < 4.78 is 22.8. The van der Waals surface area contributed by atoms with Crippen LogP contribution in [0.4, 0.5) is 0 Å². The summed E-state index contributed by atoms with van der Waals surface area (Å²) >= 11 is 3.45. The van der Waals surface area contributed by atoms with Crippen LogP contribution in [0.25, 0.3) is 0 Å². The Hall–Kier alpha value is -0.150. The van der Waals surface area contributed by atoms with E-state index in [1.165, 1.54) is 5.56 Å². The van der Waals surface area contributed by atoms with Crippen LogP contribution < -0.4 is 0 Å². The van der Waals surface area contributed by atoms with Gasteiger partial charge in [0.05, 0.1) is 13.2 Å². The van der Waals surface area contributed by atoms with Crippen molar-refractivity contribution in [3.05, 3.63) is 35.9 Å². The van der Waals surface area contributed by atoms with Gasteiger partial charge >= 0.3 is 7.60 Å². The van der Waals surface area contributed by atoms with E-state index in [4.69, 9.17) is 9.05 Å². The first-order valence-electron chi connectivity index (χ1n) is 6.19. The van der Waals surface area contributed by atoms with Gasteiger partial charge in [-0.2, -0.15) is 0 Å². The zero-order chi connectivity index (χ0) is 13.4. The Kier molecular flexibility index (Phi) is 7.16. The number of alkyl halides is 1. The summed E-state index contributed by atoms with van der Waals surface area (Å²) in [6.07, 6.45) is 1.57. The lowest BCUT2D eigenvalue weighted by Gasteiger charge is -2.22. The summed E-state index contributed by atoms with van der Waals surface area (Å²) in [5.41, 5.74) is 1.22. The van der Waals surface area contributed by atoms with Crippen LogP contribution in [0.2, 0.25) is 0 Å². The van der Waals surface area contributed by atoms with Gasteiger partial charge < -0.3 is 9.05 Å². The summed E-state index contributed by atoms with van der Waals surface area (Å²) in [7, 11) is -3.03. The quantitative estimate of drug-likeness (QED) is 0.514. The number of rotatable bonds is 8. The number of hydrogen-bond donors (Lipinski definition) is 0. The molecule has 0 saturated carbocycles. The Morgan fingerprint density at radius 1 is 1.17 bits per heavy atom. The van der Waals surface area contributed by atoms with E-state index in [0.29, 0.717) is 13.2 Å². The van der Waals surface area contributed by atoms with Crippen molar-refractivity contribution in [2.45, 2.75) is 31.3 Å². The summed E-state index contributed by atoms with van der Waals surface area (Å²) in [6, 6.07) is 10.1. The van der Waals surface area contributed by atoms with Gasteiger partial charge in [-0.1, -0.05) is 46.3 Å². The SMILES string of the molecule is CCOP(=O)(OCC)C(Br)CCc1ccccc1. The Labute approximate surface area is 118 Å². The lowest BCUT2D eigenvalue weighted by Crippen LogP contribution is -2.08. The Morgan fingerprint density at radius 3 is 2.22 bits per heavy atom. The van der Waals surface area contributed by atoms with Crippen LogP contribution in [0, 0.1) is 0 Å². The lowest BCUT2D eigenvalue weighted by atomic mass is 10.1. The average molecular weight is 335 g/mol. The van der Waals surface area contributed by atoms with Gasteiger partial charge in [0.2, 0.25) is 0 Å². The molecular weight excluding hydrogens is 315 g/mol. The van der Waals surface area contributed by atoms with Gasteiger partial charge in [0.1, 0.15) is 4.57 Å². The van der Waals surface area contributed by atoms with Crippen molar-refractivity contribution in [1.82, 2.24) is 0 Å². The molecule has 0 radical (unpaired) electrons. The molecule has 0 N–H and O–H groups in total. The smallest absolute Gasteiger partial charge is 0.308 e. The first-order chi connectivity index (χ1) is 8.62. The highest BCUT2D eigenvalue weighted by Crippen LogP contribution is 2.56. The van der Waals surface area contributed by atoms with Crippen LogP contribution in [0.3, 0.4) is 0 Å². The minimum atomic E-state index is -3.03. The monoisotopic (exact) mass is 334 g/mol. The highest BCUT2D eigenvalue weighted by Gasteiger charge is 2.32. The molecule has 1 aromatic carbocycles. The molecule has 3 nitrogen and oxygen atoms in total. The number of aryl methyl sites for hydroxylation is 1. The molecule has 0 amide bonds. The van der Waals surface area contributed by atoms with E-state index < -0.39 is 7.60 Å². The molecule has 18 heavy (non-hydrogen) atoms. The van der Waals surface area contributed by atoms with Crippen molar-refractivity contribution in [2.75, 3.05) is 13.2 Å². The highest BCUT2D eigenvalue weighted by atomic mass is 79.9. The second-order valence-corrected chi connectivity index (χ2v) is 7.87. The predicted octanol–water partition coefficient (Wildman–Crippen LogP) is 4.61. The molecule has 1 atom stereocenters. The van der Waals surface area contributed by atoms with E-state index in [0.717, 1.165) is 12.8 Å². The molecule has 0 aliphatic heterocycles. The molecule has 0 bridgehead atoms. The maximum Gasteiger partial charge on any atom is 0.344 e. The lowest BCUT2D eigenvalue weighted by molar-refractivity contribution is 0.218. The molecule has 0 saturated heterocycles. The van der Waals surface area contributed by atoms with Crippen molar-refractivity contribution in [3.8, 4) is 0 Å². The van der Waals surface area contributed by atoms with Gasteiger partial charge in [-0.15, -0.1) is 0 Å². The summed E-state index contributed by atoms with van der Waals surface area (Å²) in [5.74, 6) is 0. The van der Waals surface area contributed by atoms with Crippen LogP contribution in [0.5, 0.6) is 0 Å². The fourth-order valence-electron chi connectivity index (χ4n) is 1.65. The van der Waals surface area contributed by atoms with Gasteiger partial charge in [0, 0.05) is 0 Å². The molecule has 5 heteroatoms. The first-order valence-corrected chi connectivity index (χ1v) is 8.72. The van der Waals surface area contributed by atoms with Crippen molar-refractivity contribution in [3.63, 3.8) is 0 Å². The average Bonchev–Trinajstić information content (AvgIpc) is 2.37. The maximum absolute atomic E-state index is 12.4. The van der Waals surface area contributed by atoms with Gasteiger partial charge in [0.15, 0.2) is 0 Å². The standard InChI is InChI=1S/C13H20BrO3P/c1-3-16-18(15,17-4-2)13(14)11-10-12-8-6-5-7-9-12/h5-9,13H,3-4,10-11H2,1-2H3. The normalized spacial score (nSPS) is 13.5. The predicted molar refractivity (Wildman–Crippen MR) is 78.3 cm³/mol. The van der Waals surface area contributed by atoms with Gasteiger partial charge in [-0.25, -0.2) is 0 Å². The fraction of sp³-hybridized carbons (Fsp3) is 0.538. The third kappa shape index (κ3) is 4.85. The van der Waals surface area contributed by atoms with E-state index in [-0.39, 0.29) is 4.57 Å².